The monoisotopic (exact) mass is 229 g/mol. The van der Waals surface area contributed by atoms with Crippen molar-refractivity contribution in [2.45, 2.75) is 26.7 Å². The molecule has 0 aromatic heterocycles. The Morgan fingerprint density at radius 1 is 1.60 bits per heavy atom. The average Bonchev–Trinajstić information content (AvgIpc) is 2.67. The number of unbranched alkanes of at least 4 members (excludes halogenated alkanes) is 1. The number of esters is 1. The summed E-state index contributed by atoms with van der Waals surface area (Å²) in [6.07, 6.45) is 4.42. The summed E-state index contributed by atoms with van der Waals surface area (Å²) in [5, 5.41) is 0. The van der Waals surface area contributed by atoms with Gasteiger partial charge in [0, 0.05) is 24.4 Å². The minimum absolute atomic E-state index is 0.156. The van der Waals surface area contributed by atoms with E-state index in [-0.39, 0.29) is 5.97 Å². The van der Waals surface area contributed by atoms with Gasteiger partial charge < -0.3 is 4.74 Å². The first-order chi connectivity index (χ1) is 7.27. The Bertz CT molecular complexity index is 241. The number of rotatable bonds is 6. The maximum absolute atomic E-state index is 11.4. The van der Waals surface area contributed by atoms with Crippen LogP contribution >= 0.6 is 11.9 Å². The smallest absolute Gasteiger partial charge is 0.335 e. The quantitative estimate of drug-likeness (QED) is 0.397. The van der Waals surface area contributed by atoms with Crippen LogP contribution in [0, 0.1) is 0 Å². The van der Waals surface area contributed by atoms with Gasteiger partial charge in [0.25, 0.3) is 0 Å². The van der Waals surface area contributed by atoms with Gasteiger partial charge in [-0.3, -0.25) is 0 Å². The zero-order valence-electron chi connectivity index (χ0n) is 9.49. The van der Waals surface area contributed by atoms with Crippen molar-refractivity contribution in [1.82, 2.24) is 4.31 Å². The van der Waals surface area contributed by atoms with Crippen molar-refractivity contribution in [1.29, 1.82) is 0 Å². The normalized spacial score (nSPS) is 16.5. The first-order valence-electron chi connectivity index (χ1n) is 5.52. The fraction of sp³-hybridized carbons (Fsp3) is 0.727. The van der Waals surface area contributed by atoms with E-state index in [1.807, 2.05) is 24.9 Å². The molecule has 1 heterocycles. The highest BCUT2D eigenvalue weighted by Crippen LogP contribution is 2.20. The molecule has 1 aliphatic rings. The number of carbonyl (C=O) groups is 1. The molecule has 1 aliphatic heterocycles. The standard InChI is InChI=1S/C11H19NO2S/c1-3-5-8-15-12-7-6-10(9-12)11(13)14-4-2/h6H,3-5,7-9H2,1-2H3. The molecular weight excluding hydrogens is 210 g/mol. The van der Waals surface area contributed by atoms with Crippen LogP contribution in [0.3, 0.4) is 0 Å². The van der Waals surface area contributed by atoms with Crippen LogP contribution in [-0.2, 0) is 9.53 Å². The molecule has 0 aromatic carbocycles. The maximum atomic E-state index is 11.4. The van der Waals surface area contributed by atoms with E-state index in [4.69, 9.17) is 4.74 Å². The van der Waals surface area contributed by atoms with Crippen molar-refractivity contribution >= 4 is 17.9 Å². The summed E-state index contributed by atoms with van der Waals surface area (Å²) in [6, 6.07) is 0. The van der Waals surface area contributed by atoms with E-state index in [0.29, 0.717) is 6.61 Å². The van der Waals surface area contributed by atoms with Gasteiger partial charge in [0.2, 0.25) is 0 Å². The van der Waals surface area contributed by atoms with Gasteiger partial charge in [-0.1, -0.05) is 31.4 Å². The third-order valence-corrected chi connectivity index (χ3v) is 3.31. The lowest BCUT2D eigenvalue weighted by atomic mass is 10.3. The first-order valence-corrected chi connectivity index (χ1v) is 6.46. The van der Waals surface area contributed by atoms with Crippen LogP contribution in [0.2, 0.25) is 0 Å². The molecule has 0 aromatic rings. The molecule has 0 bridgehead atoms. The molecule has 3 nitrogen and oxygen atoms in total. The largest absolute Gasteiger partial charge is 0.463 e. The second kappa shape index (κ2) is 6.90. The summed E-state index contributed by atoms with van der Waals surface area (Å²) in [5.41, 5.74) is 0.806. The summed E-state index contributed by atoms with van der Waals surface area (Å²) in [5.74, 6) is 0.983. The van der Waals surface area contributed by atoms with Gasteiger partial charge in [-0.05, 0) is 13.3 Å². The van der Waals surface area contributed by atoms with Crippen LogP contribution in [-0.4, -0.2) is 35.7 Å². The summed E-state index contributed by atoms with van der Waals surface area (Å²) < 4.78 is 7.17. The van der Waals surface area contributed by atoms with Gasteiger partial charge in [0.05, 0.1) is 6.61 Å². The highest BCUT2D eigenvalue weighted by Gasteiger charge is 2.20. The molecule has 1 rings (SSSR count). The fourth-order valence-corrected chi connectivity index (χ4v) is 2.43. The molecule has 0 saturated heterocycles. The maximum Gasteiger partial charge on any atom is 0.335 e. The molecule has 0 atom stereocenters. The topological polar surface area (TPSA) is 29.5 Å². The Balaban J connectivity index is 2.21. The molecule has 4 heteroatoms. The minimum atomic E-state index is -0.156. The van der Waals surface area contributed by atoms with Crippen molar-refractivity contribution in [2.75, 3.05) is 25.4 Å². The molecule has 15 heavy (non-hydrogen) atoms. The van der Waals surface area contributed by atoms with E-state index in [0.717, 1.165) is 24.4 Å². The summed E-state index contributed by atoms with van der Waals surface area (Å²) in [7, 11) is 0. The molecule has 0 amide bonds. The predicted molar refractivity (Wildman–Crippen MR) is 63.7 cm³/mol. The van der Waals surface area contributed by atoms with Crippen LogP contribution in [0.5, 0.6) is 0 Å². The number of nitrogens with zero attached hydrogens (tertiary/aromatic N) is 1. The molecule has 0 radical (unpaired) electrons. The van der Waals surface area contributed by atoms with Gasteiger partial charge in [-0.15, -0.1) is 0 Å². The Labute approximate surface area is 96.0 Å². The van der Waals surface area contributed by atoms with E-state index >= 15 is 0 Å². The second-order valence-corrected chi connectivity index (χ2v) is 4.64. The number of carbonyl (C=O) groups excluding carboxylic acids is 1. The Kier molecular flexibility index (Phi) is 5.79. The van der Waals surface area contributed by atoms with Crippen molar-refractivity contribution in [3.8, 4) is 0 Å². The van der Waals surface area contributed by atoms with Gasteiger partial charge >= 0.3 is 5.97 Å². The lowest BCUT2D eigenvalue weighted by Crippen LogP contribution is -2.16. The van der Waals surface area contributed by atoms with E-state index in [2.05, 4.69) is 11.2 Å². The molecule has 0 saturated carbocycles. The fourth-order valence-electron chi connectivity index (χ4n) is 1.34. The van der Waals surface area contributed by atoms with Crippen LogP contribution in [0.25, 0.3) is 0 Å². The molecular formula is C11H19NO2S. The number of hydrogen-bond acceptors (Lipinski definition) is 4. The Hall–Kier alpha value is -0.480. The molecule has 0 aliphatic carbocycles. The van der Waals surface area contributed by atoms with Gasteiger partial charge in [-0.25, -0.2) is 9.10 Å². The SMILES string of the molecule is CCCCSN1CC=C(C(=O)OCC)C1. The molecule has 0 fully saturated rings. The highest BCUT2D eigenvalue weighted by molar-refractivity contribution is 7.97. The molecule has 86 valence electrons. The summed E-state index contributed by atoms with van der Waals surface area (Å²) >= 11 is 1.82. The van der Waals surface area contributed by atoms with Crippen molar-refractivity contribution in [2.24, 2.45) is 0 Å². The van der Waals surface area contributed by atoms with E-state index in [1.165, 1.54) is 12.8 Å². The minimum Gasteiger partial charge on any atom is -0.463 e. The van der Waals surface area contributed by atoms with Crippen molar-refractivity contribution in [3.63, 3.8) is 0 Å². The van der Waals surface area contributed by atoms with E-state index in [9.17, 15) is 4.79 Å². The highest BCUT2D eigenvalue weighted by atomic mass is 32.2. The van der Waals surface area contributed by atoms with E-state index in [1.54, 1.807) is 0 Å². The van der Waals surface area contributed by atoms with Gasteiger partial charge in [-0.2, -0.15) is 0 Å². The van der Waals surface area contributed by atoms with Crippen LogP contribution < -0.4 is 0 Å². The first kappa shape index (κ1) is 12.6. The van der Waals surface area contributed by atoms with Gasteiger partial charge in [0.1, 0.15) is 0 Å². The van der Waals surface area contributed by atoms with Crippen molar-refractivity contribution in [3.05, 3.63) is 11.6 Å². The van der Waals surface area contributed by atoms with Crippen molar-refractivity contribution < 1.29 is 9.53 Å². The second-order valence-electron chi connectivity index (χ2n) is 3.46. The summed E-state index contributed by atoms with van der Waals surface area (Å²) in [6.45, 7) is 6.07. The zero-order valence-corrected chi connectivity index (χ0v) is 10.3. The molecule has 0 unspecified atom stereocenters. The Morgan fingerprint density at radius 3 is 3.07 bits per heavy atom. The zero-order chi connectivity index (χ0) is 11.1. The summed E-state index contributed by atoms with van der Waals surface area (Å²) in [4.78, 5) is 11.4. The third kappa shape index (κ3) is 4.26. The number of ether oxygens (including phenoxy) is 1. The lowest BCUT2D eigenvalue weighted by molar-refractivity contribution is -0.138. The van der Waals surface area contributed by atoms with Crippen LogP contribution in [0.1, 0.15) is 26.7 Å². The third-order valence-electron chi connectivity index (χ3n) is 2.20. The van der Waals surface area contributed by atoms with E-state index < -0.39 is 0 Å². The molecule has 0 N–H and O–H groups in total. The average molecular weight is 229 g/mol. The molecule has 0 spiro atoms. The van der Waals surface area contributed by atoms with Crippen LogP contribution in [0.15, 0.2) is 11.6 Å². The Morgan fingerprint density at radius 2 is 2.40 bits per heavy atom. The number of hydrogen-bond donors (Lipinski definition) is 0. The van der Waals surface area contributed by atoms with Gasteiger partial charge in [0.15, 0.2) is 0 Å². The predicted octanol–water partition coefficient (Wildman–Crippen LogP) is 2.24. The van der Waals surface area contributed by atoms with Crippen LogP contribution in [0.4, 0.5) is 0 Å². The lowest BCUT2D eigenvalue weighted by Gasteiger charge is -2.13.